The maximum atomic E-state index is 14.2. The van der Waals surface area contributed by atoms with Gasteiger partial charge in [0, 0.05) is 26.0 Å². The molecule has 0 spiro atoms. The molecule has 0 saturated heterocycles. The molecule has 0 amide bonds. The number of halogens is 1. The Hall–Kier alpha value is -2.64. The SMILES string of the molecule is C=CCn1c(=Cc2ccncc2)sc(=C2Sc3c(F)cccc3N2C)c1=O. The maximum absolute atomic E-state index is 14.2. The van der Waals surface area contributed by atoms with Crippen LogP contribution in [0.2, 0.25) is 0 Å². The molecular formula is C20H16FN3OS2. The van der Waals surface area contributed by atoms with Crippen LogP contribution in [0.4, 0.5) is 10.1 Å². The zero-order valence-electron chi connectivity index (χ0n) is 14.6. The van der Waals surface area contributed by atoms with Crippen LogP contribution in [0.3, 0.4) is 0 Å². The van der Waals surface area contributed by atoms with Crippen molar-refractivity contribution in [3.8, 4) is 0 Å². The minimum absolute atomic E-state index is 0.0947. The molecule has 2 aromatic heterocycles. The Morgan fingerprint density at radius 1 is 1.26 bits per heavy atom. The molecule has 0 fully saturated rings. The molecule has 0 atom stereocenters. The van der Waals surface area contributed by atoms with E-state index >= 15 is 0 Å². The Balaban J connectivity index is 1.96. The third-order valence-electron chi connectivity index (χ3n) is 4.23. The Morgan fingerprint density at radius 2 is 2.04 bits per heavy atom. The number of thioether (sulfide) groups is 1. The van der Waals surface area contributed by atoms with Gasteiger partial charge in [-0.15, -0.1) is 17.9 Å². The van der Waals surface area contributed by atoms with Gasteiger partial charge in [-0.1, -0.05) is 23.9 Å². The van der Waals surface area contributed by atoms with Crippen molar-refractivity contribution in [3.63, 3.8) is 0 Å². The Morgan fingerprint density at radius 3 is 2.74 bits per heavy atom. The number of rotatable bonds is 3. The number of hydrogen-bond acceptors (Lipinski definition) is 5. The summed E-state index contributed by atoms with van der Waals surface area (Å²) in [6.07, 6.45) is 7.08. The molecule has 0 radical (unpaired) electrons. The smallest absolute Gasteiger partial charge is 0.272 e. The van der Waals surface area contributed by atoms with Crippen molar-refractivity contribution in [2.24, 2.45) is 0 Å². The third-order valence-corrected chi connectivity index (χ3v) is 6.75. The molecule has 0 N–H and O–H groups in total. The molecule has 1 aromatic carbocycles. The fourth-order valence-electron chi connectivity index (χ4n) is 2.91. The number of pyridine rings is 1. The van der Waals surface area contributed by atoms with E-state index in [1.165, 1.54) is 29.2 Å². The van der Waals surface area contributed by atoms with Gasteiger partial charge in [-0.3, -0.25) is 14.3 Å². The van der Waals surface area contributed by atoms with Crippen molar-refractivity contribution in [2.45, 2.75) is 11.4 Å². The van der Waals surface area contributed by atoms with E-state index in [0.29, 0.717) is 16.0 Å². The second-order valence-electron chi connectivity index (χ2n) is 5.95. The van der Waals surface area contributed by atoms with E-state index in [1.54, 1.807) is 29.1 Å². The summed E-state index contributed by atoms with van der Waals surface area (Å²) in [5, 5.41) is 0.747. The molecule has 3 aromatic rings. The van der Waals surface area contributed by atoms with E-state index in [0.717, 1.165) is 20.9 Å². The maximum Gasteiger partial charge on any atom is 0.272 e. The number of fused-ring (bicyclic) bond motifs is 1. The number of nitrogens with zero attached hydrogens (tertiary/aromatic N) is 3. The Kier molecular flexibility index (Phi) is 4.72. The molecule has 1 aliphatic heterocycles. The molecule has 0 saturated carbocycles. The van der Waals surface area contributed by atoms with Gasteiger partial charge < -0.3 is 4.90 Å². The predicted octanol–water partition coefficient (Wildman–Crippen LogP) is 2.77. The first-order valence-corrected chi connectivity index (χ1v) is 9.90. The van der Waals surface area contributed by atoms with Crippen LogP contribution in [-0.4, -0.2) is 16.6 Å². The summed E-state index contributed by atoms with van der Waals surface area (Å²) < 4.78 is 17.3. The average molecular weight is 398 g/mol. The summed E-state index contributed by atoms with van der Waals surface area (Å²) >= 11 is 2.70. The van der Waals surface area contributed by atoms with Gasteiger partial charge in [0.1, 0.15) is 15.4 Å². The van der Waals surface area contributed by atoms with Gasteiger partial charge in [-0.2, -0.15) is 0 Å². The van der Waals surface area contributed by atoms with Crippen LogP contribution in [0.1, 0.15) is 5.56 Å². The summed E-state index contributed by atoms with van der Waals surface area (Å²) in [6, 6.07) is 8.75. The van der Waals surface area contributed by atoms with Crippen LogP contribution >= 0.6 is 23.1 Å². The highest BCUT2D eigenvalue weighted by Crippen LogP contribution is 2.46. The van der Waals surface area contributed by atoms with Crippen LogP contribution in [0.5, 0.6) is 0 Å². The number of hydrogen-bond donors (Lipinski definition) is 0. The van der Waals surface area contributed by atoms with Crippen molar-refractivity contribution in [1.29, 1.82) is 0 Å². The van der Waals surface area contributed by atoms with E-state index in [2.05, 4.69) is 11.6 Å². The second kappa shape index (κ2) is 7.17. The van der Waals surface area contributed by atoms with Crippen molar-refractivity contribution < 1.29 is 4.39 Å². The van der Waals surface area contributed by atoms with Gasteiger partial charge in [-0.05, 0) is 35.9 Å². The molecule has 0 bridgehead atoms. The summed E-state index contributed by atoms with van der Waals surface area (Å²) in [7, 11) is 1.86. The zero-order valence-corrected chi connectivity index (χ0v) is 16.2. The number of benzene rings is 1. The summed E-state index contributed by atoms with van der Waals surface area (Å²) in [5.41, 5.74) is 1.64. The van der Waals surface area contributed by atoms with Gasteiger partial charge in [0.25, 0.3) is 5.56 Å². The lowest BCUT2D eigenvalue weighted by atomic mass is 10.3. The second-order valence-corrected chi connectivity index (χ2v) is 7.98. The van der Waals surface area contributed by atoms with Gasteiger partial charge in [0.15, 0.2) is 0 Å². The van der Waals surface area contributed by atoms with E-state index in [1.807, 2.05) is 36.2 Å². The molecule has 27 heavy (non-hydrogen) atoms. The molecular weight excluding hydrogens is 381 g/mol. The lowest BCUT2D eigenvalue weighted by molar-refractivity contribution is 0.603. The molecule has 4 rings (SSSR count). The summed E-state index contributed by atoms with van der Waals surface area (Å²) in [6.45, 7) is 4.17. The predicted molar refractivity (Wildman–Crippen MR) is 110 cm³/mol. The van der Waals surface area contributed by atoms with Gasteiger partial charge in [0.05, 0.1) is 15.2 Å². The highest BCUT2D eigenvalue weighted by molar-refractivity contribution is 8.08. The normalized spacial score (nSPS) is 15.9. The largest absolute Gasteiger partial charge is 0.337 e. The van der Waals surface area contributed by atoms with Gasteiger partial charge in [-0.25, -0.2) is 4.39 Å². The molecule has 0 unspecified atom stereocenters. The van der Waals surface area contributed by atoms with Crippen LogP contribution in [0.15, 0.2) is 65.1 Å². The number of anilines is 1. The zero-order chi connectivity index (χ0) is 19.0. The molecule has 4 nitrogen and oxygen atoms in total. The summed E-state index contributed by atoms with van der Waals surface area (Å²) in [5.74, 6) is -0.272. The summed E-state index contributed by atoms with van der Waals surface area (Å²) in [4.78, 5) is 19.5. The molecule has 7 heteroatoms. The number of allylic oxidation sites excluding steroid dienone is 1. The highest BCUT2D eigenvalue weighted by Gasteiger charge is 2.27. The first kappa shape index (κ1) is 17.8. The first-order valence-electron chi connectivity index (χ1n) is 8.27. The van der Waals surface area contributed by atoms with Crippen LogP contribution in [0, 0.1) is 5.82 Å². The van der Waals surface area contributed by atoms with Gasteiger partial charge in [0.2, 0.25) is 0 Å². The molecule has 1 aliphatic rings. The van der Waals surface area contributed by atoms with E-state index in [4.69, 9.17) is 0 Å². The lowest BCUT2D eigenvalue weighted by Crippen LogP contribution is -2.33. The Bertz CT molecular complexity index is 1200. The minimum atomic E-state index is -0.272. The van der Waals surface area contributed by atoms with Crippen molar-refractivity contribution in [1.82, 2.24) is 9.55 Å². The molecule has 3 heterocycles. The highest BCUT2D eigenvalue weighted by atomic mass is 32.2. The lowest BCUT2D eigenvalue weighted by Gasteiger charge is -2.11. The van der Waals surface area contributed by atoms with E-state index < -0.39 is 0 Å². The molecule has 136 valence electrons. The van der Waals surface area contributed by atoms with Crippen molar-refractivity contribution >= 4 is 39.9 Å². The minimum Gasteiger partial charge on any atom is -0.337 e. The van der Waals surface area contributed by atoms with Crippen LogP contribution in [-0.2, 0) is 6.54 Å². The topological polar surface area (TPSA) is 38.1 Å². The van der Waals surface area contributed by atoms with Crippen molar-refractivity contribution in [3.05, 3.63) is 86.3 Å². The molecule has 0 aliphatic carbocycles. The third kappa shape index (κ3) is 3.13. The van der Waals surface area contributed by atoms with Crippen LogP contribution in [0.25, 0.3) is 11.1 Å². The van der Waals surface area contributed by atoms with E-state index in [-0.39, 0.29) is 11.4 Å². The van der Waals surface area contributed by atoms with Crippen LogP contribution < -0.4 is 19.7 Å². The monoisotopic (exact) mass is 397 g/mol. The fraction of sp³-hybridized carbons (Fsp3) is 0.100. The first-order chi connectivity index (χ1) is 13.1. The van der Waals surface area contributed by atoms with Gasteiger partial charge >= 0.3 is 0 Å². The fourth-order valence-corrected chi connectivity index (χ4v) is 5.34. The average Bonchev–Trinajstić information content (AvgIpc) is 3.16. The van der Waals surface area contributed by atoms with E-state index in [9.17, 15) is 9.18 Å². The number of thiazole rings is 1. The number of aromatic nitrogens is 2. The Labute approximate surface area is 163 Å². The van der Waals surface area contributed by atoms with Crippen molar-refractivity contribution in [2.75, 3.05) is 11.9 Å². The standard InChI is InChI=1S/C20H16FN3OS2/c1-3-11-24-16(12-13-7-9-22-10-8-13)26-18(19(24)25)20-23(2)15-6-4-5-14(21)17(15)27-20/h3-10,12H,1,11H2,2H3. The quantitative estimate of drug-likeness (QED) is 0.637.